The SMILES string of the molecule is CC1(C)c2ccccc2-c2ccc(-c3c4c(cc5c3c3ccc(N(c6ccccc6)c6ccc7c(c6)sc6ccccc67)cc3n5-c3ccccc3)oc3ccccc34)cc21. The highest BCUT2D eigenvalue weighted by Gasteiger charge is 2.36. The van der Waals surface area contributed by atoms with Gasteiger partial charge in [0.15, 0.2) is 0 Å². The second-order valence-corrected chi connectivity index (χ2v) is 18.0. The number of thiophene rings is 1. The van der Waals surface area contributed by atoms with Crippen molar-refractivity contribution in [2.45, 2.75) is 19.3 Å². The Labute approximate surface area is 357 Å². The summed E-state index contributed by atoms with van der Waals surface area (Å²) in [6.45, 7) is 4.73. The molecule has 0 aliphatic heterocycles. The van der Waals surface area contributed by atoms with Crippen LogP contribution in [0.3, 0.4) is 0 Å². The minimum Gasteiger partial charge on any atom is -0.456 e. The van der Waals surface area contributed by atoms with Gasteiger partial charge < -0.3 is 13.9 Å². The second-order valence-electron chi connectivity index (χ2n) is 16.9. The number of benzene rings is 9. The Bertz CT molecular complexity index is 3740. The zero-order chi connectivity index (χ0) is 40.4. The largest absolute Gasteiger partial charge is 0.456 e. The second kappa shape index (κ2) is 12.8. The monoisotopic (exact) mass is 798 g/mol. The number of para-hydroxylation sites is 3. The zero-order valence-electron chi connectivity index (χ0n) is 33.7. The fourth-order valence-electron chi connectivity index (χ4n) is 10.4. The highest BCUT2D eigenvalue weighted by atomic mass is 32.1. The van der Waals surface area contributed by atoms with Gasteiger partial charge in [-0.25, -0.2) is 0 Å². The molecule has 0 spiro atoms. The van der Waals surface area contributed by atoms with Gasteiger partial charge in [-0.05, 0) is 94.5 Å². The van der Waals surface area contributed by atoms with Gasteiger partial charge in [-0.1, -0.05) is 135 Å². The van der Waals surface area contributed by atoms with E-state index >= 15 is 0 Å². The first-order chi connectivity index (χ1) is 30.0. The van der Waals surface area contributed by atoms with Gasteiger partial charge >= 0.3 is 0 Å². The fourth-order valence-corrected chi connectivity index (χ4v) is 11.5. The van der Waals surface area contributed by atoms with Crippen molar-refractivity contribution in [1.29, 1.82) is 0 Å². The van der Waals surface area contributed by atoms with Crippen LogP contribution in [0.2, 0.25) is 0 Å². The van der Waals surface area contributed by atoms with Crippen molar-refractivity contribution < 1.29 is 4.42 Å². The Hall–Kier alpha value is -7.40. The van der Waals surface area contributed by atoms with Crippen LogP contribution in [0.4, 0.5) is 17.1 Å². The van der Waals surface area contributed by atoms with Crippen LogP contribution in [0.15, 0.2) is 199 Å². The molecule has 61 heavy (non-hydrogen) atoms. The summed E-state index contributed by atoms with van der Waals surface area (Å²) >= 11 is 1.85. The van der Waals surface area contributed by atoms with Crippen LogP contribution in [0.5, 0.6) is 0 Å². The Kier molecular flexibility index (Phi) is 7.23. The summed E-state index contributed by atoms with van der Waals surface area (Å²) in [6, 6.07) is 71.1. The molecular formula is C57H38N2OS. The molecule has 288 valence electrons. The number of fused-ring (bicyclic) bond motifs is 12. The van der Waals surface area contributed by atoms with Crippen molar-refractivity contribution in [1.82, 2.24) is 4.57 Å². The Balaban J connectivity index is 1.12. The quantitative estimate of drug-likeness (QED) is 0.173. The molecule has 1 aliphatic rings. The molecule has 12 aromatic rings. The van der Waals surface area contributed by atoms with Crippen molar-refractivity contribution in [3.63, 3.8) is 0 Å². The van der Waals surface area contributed by atoms with E-state index in [1.165, 1.54) is 64.3 Å². The van der Waals surface area contributed by atoms with Crippen LogP contribution in [0.25, 0.3) is 91.9 Å². The molecule has 0 radical (unpaired) electrons. The van der Waals surface area contributed by atoms with Gasteiger partial charge in [-0.2, -0.15) is 0 Å². The molecule has 0 fully saturated rings. The van der Waals surface area contributed by atoms with Crippen molar-refractivity contribution in [3.05, 3.63) is 205 Å². The summed E-state index contributed by atoms with van der Waals surface area (Å²) in [5.74, 6) is 0. The molecule has 3 aromatic heterocycles. The average Bonchev–Trinajstić information content (AvgIpc) is 4.02. The highest BCUT2D eigenvalue weighted by molar-refractivity contribution is 7.25. The first-order valence-electron chi connectivity index (χ1n) is 21.0. The van der Waals surface area contributed by atoms with E-state index in [-0.39, 0.29) is 5.41 Å². The van der Waals surface area contributed by atoms with Gasteiger partial charge in [-0.3, -0.25) is 0 Å². The third kappa shape index (κ3) is 4.97. The van der Waals surface area contributed by atoms with E-state index in [0.29, 0.717) is 0 Å². The molecule has 0 unspecified atom stereocenters. The maximum atomic E-state index is 6.81. The Morgan fingerprint density at radius 3 is 1.98 bits per heavy atom. The molecule has 3 nitrogen and oxygen atoms in total. The number of aromatic nitrogens is 1. The molecule has 0 amide bonds. The maximum absolute atomic E-state index is 6.81. The standard InChI is InChI=1S/C57H38N2OS/c1-57(2)46-22-12-9-19-40(46)41-28-25-35(31-47(41)57)54-55-44-30-27-38(58(36-15-5-3-6-16-36)39-26-29-43-42-20-11-14-24-52(42)61-53(43)33-39)32-48(44)59(37-17-7-4-8-18-37)49(55)34-51-56(54)45-21-10-13-23-50(45)60-51/h3-34H,1-2H3. The number of rotatable bonds is 5. The number of furan rings is 1. The van der Waals surface area contributed by atoms with Crippen LogP contribution in [-0.4, -0.2) is 4.57 Å². The van der Waals surface area contributed by atoms with Gasteiger partial charge in [0.1, 0.15) is 11.2 Å². The van der Waals surface area contributed by atoms with Gasteiger partial charge in [0.2, 0.25) is 0 Å². The molecule has 4 heteroatoms. The number of hydrogen-bond acceptors (Lipinski definition) is 3. The molecule has 0 saturated carbocycles. The number of hydrogen-bond donors (Lipinski definition) is 0. The molecule has 0 atom stereocenters. The summed E-state index contributed by atoms with van der Waals surface area (Å²) in [5, 5.41) is 7.29. The molecule has 3 heterocycles. The predicted octanol–water partition coefficient (Wildman–Crippen LogP) is 16.5. The van der Waals surface area contributed by atoms with Crippen LogP contribution in [0.1, 0.15) is 25.0 Å². The molecule has 0 N–H and O–H groups in total. The summed E-state index contributed by atoms with van der Waals surface area (Å²) in [7, 11) is 0. The van der Waals surface area contributed by atoms with Crippen LogP contribution >= 0.6 is 11.3 Å². The van der Waals surface area contributed by atoms with E-state index in [1.807, 2.05) is 11.3 Å². The average molecular weight is 799 g/mol. The minimum atomic E-state index is -0.139. The summed E-state index contributed by atoms with van der Waals surface area (Å²) in [4.78, 5) is 2.40. The molecule has 1 aliphatic carbocycles. The van der Waals surface area contributed by atoms with Crippen molar-refractivity contribution in [2.24, 2.45) is 0 Å². The third-order valence-electron chi connectivity index (χ3n) is 13.2. The smallest absolute Gasteiger partial charge is 0.138 e. The minimum absolute atomic E-state index is 0.139. The lowest BCUT2D eigenvalue weighted by Crippen LogP contribution is -2.14. The normalized spacial score (nSPS) is 13.2. The van der Waals surface area contributed by atoms with E-state index in [1.54, 1.807) is 0 Å². The van der Waals surface area contributed by atoms with Gasteiger partial charge in [0.05, 0.1) is 11.0 Å². The van der Waals surface area contributed by atoms with Crippen LogP contribution in [-0.2, 0) is 5.41 Å². The third-order valence-corrected chi connectivity index (χ3v) is 14.3. The Morgan fingerprint density at radius 1 is 0.459 bits per heavy atom. The first-order valence-corrected chi connectivity index (χ1v) is 21.8. The van der Waals surface area contributed by atoms with Gasteiger partial charge in [-0.15, -0.1) is 11.3 Å². The van der Waals surface area contributed by atoms with E-state index in [2.05, 4.69) is 217 Å². The van der Waals surface area contributed by atoms with Crippen molar-refractivity contribution >= 4 is 92.3 Å². The zero-order valence-corrected chi connectivity index (χ0v) is 34.5. The predicted molar refractivity (Wildman–Crippen MR) is 259 cm³/mol. The van der Waals surface area contributed by atoms with E-state index in [0.717, 1.165) is 55.7 Å². The van der Waals surface area contributed by atoms with E-state index in [9.17, 15) is 0 Å². The molecule has 0 saturated heterocycles. The van der Waals surface area contributed by atoms with Gasteiger partial charge in [0.25, 0.3) is 0 Å². The first kappa shape index (κ1) is 34.5. The molecule has 0 bridgehead atoms. The lowest BCUT2D eigenvalue weighted by atomic mass is 9.81. The van der Waals surface area contributed by atoms with Crippen LogP contribution < -0.4 is 4.90 Å². The lowest BCUT2D eigenvalue weighted by Gasteiger charge is -2.26. The van der Waals surface area contributed by atoms with Crippen molar-refractivity contribution in [2.75, 3.05) is 4.90 Å². The van der Waals surface area contributed by atoms with Crippen LogP contribution in [0, 0.1) is 0 Å². The highest BCUT2D eigenvalue weighted by Crippen LogP contribution is 2.53. The fraction of sp³-hybridized carbons (Fsp3) is 0.0526. The number of nitrogens with zero attached hydrogens (tertiary/aromatic N) is 2. The van der Waals surface area contributed by atoms with Gasteiger partial charge in [0, 0.05) is 81.5 Å². The summed E-state index contributed by atoms with van der Waals surface area (Å²) in [5.41, 5.74) is 16.1. The summed E-state index contributed by atoms with van der Waals surface area (Å²) < 4.78 is 11.8. The Morgan fingerprint density at radius 2 is 1.13 bits per heavy atom. The van der Waals surface area contributed by atoms with E-state index < -0.39 is 0 Å². The van der Waals surface area contributed by atoms with Crippen molar-refractivity contribution in [3.8, 4) is 27.9 Å². The van der Waals surface area contributed by atoms with E-state index in [4.69, 9.17) is 4.42 Å². The lowest BCUT2D eigenvalue weighted by molar-refractivity contribution is 0.660. The molecular weight excluding hydrogens is 761 g/mol. The topological polar surface area (TPSA) is 21.3 Å². The number of anilines is 3. The molecule has 13 rings (SSSR count). The maximum Gasteiger partial charge on any atom is 0.138 e. The summed E-state index contributed by atoms with van der Waals surface area (Å²) in [6.07, 6.45) is 0. The molecule has 9 aromatic carbocycles.